The standard InChI is InChI=1S/C28H35NO7/c1-7-35-22-11-8-19(15-23(22)34-6)25-24(27(31)28(32)29(25)12-13-33-5)26(30)20-9-10-21(18(4)14-20)36-16-17(2)3/h8-11,14-15,17,25,30H,7,12-13,16H2,1-6H3/t25-/m0/s1. The summed E-state index contributed by atoms with van der Waals surface area (Å²) in [7, 11) is 3.05. The quantitative estimate of drug-likeness (QED) is 0.277. The van der Waals surface area contributed by atoms with Gasteiger partial charge in [0.05, 0.1) is 38.5 Å². The second kappa shape index (κ2) is 11.9. The van der Waals surface area contributed by atoms with Crippen molar-refractivity contribution < 1.29 is 33.6 Å². The summed E-state index contributed by atoms with van der Waals surface area (Å²) in [6.07, 6.45) is 0. The molecule has 3 rings (SSSR count). The highest BCUT2D eigenvalue weighted by atomic mass is 16.5. The summed E-state index contributed by atoms with van der Waals surface area (Å²) in [6, 6.07) is 9.62. The van der Waals surface area contributed by atoms with E-state index in [-0.39, 0.29) is 24.5 Å². The Balaban J connectivity index is 2.11. The first kappa shape index (κ1) is 27.1. The number of carbonyl (C=O) groups excluding carboxylic acids is 2. The zero-order valence-electron chi connectivity index (χ0n) is 21.8. The highest BCUT2D eigenvalue weighted by molar-refractivity contribution is 6.46. The average Bonchev–Trinajstić information content (AvgIpc) is 3.11. The van der Waals surface area contributed by atoms with Crippen LogP contribution in [0, 0.1) is 12.8 Å². The van der Waals surface area contributed by atoms with Crippen LogP contribution in [0.3, 0.4) is 0 Å². The van der Waals surface area contributed by atoms with Crippen molar-refractivity contribution >= 4 is 17.4 Å². The van der Waals surface area contributed by atoms with Gasteiger partial charge in [-0.3, -0.25) is 9.59 Å². The largest absolute Gasteiger partial charge is 0.507 e. The number of carbonyl (C=O) groups is 2. The summed E-state index contributed by atoms with van der Waals surface area (Å²) >= 11 is 0. The van der Waals surface area contributed by atoms with Crippen LogP contribution in [0.4, 0.5) is 0 Å². The molecule has 1 heterocycles. The van der Waals surface area contributed by atoms with Gasteiger partial charge in [0.1, 0.15) is 11.5 Å². The van der Waals surface area contributed by atoms with Crippen LogP contribution < -0.4 is 14.2 Å². The van der Waals surface area contributed by atoms with E-state index in [9.17, 15) is 14.7 Å². The number of nitrogens with zero attached hydrogens (tertiary/aromatic N) is 1. The minimum absolute atomic E-state index is 0.0116. The van der Waals surface area contributed by atoms with E-state index >= 15 is 0 Å². The lowest BCUT2D eigenvalue weighted by Gasteiger charge is -2.25. The van der Waals surface area contributed by atoms with Gasteiger partial charge in [0.25, 0.3) is 11.7 Å². The maximum absolute atomic E-state index is 13.2. The molecule has 0 aromatic heterocycles. The van der Waals surface area contributed by atoms with Gasteiger partial charge >= 0.3 is 0 Å². The van der Waals surface area contributed by atoms with Crippen LogP contribution in [-0.4, -0.2) is 62.3 Å². The lowest BCUT2D eigenvalue weighted by atomic mass is 9.94. The zero-order chi connectivity index (χ0) is 26.4. The van der Waals surface area contributed by atoms with E-state index in [0.717, 1.165) is 5.56 Å². The third-order valence-electron chi connectivity index (χ3n) is 5.90. The topological polar surface area (TPSA) is 94.5 Å². The van der Waals surface area contributed by atoms with Gasteiger partial charge in [-0.05, 0) is 61.2 Å². The minimum atomic E-state index is -0.818. The summed E-state index contributed by atoms with van der Waals surface area (Å²) < 4.78 is 22.1. The molecule has 1 aliphatic heterocycles. The van der Waals surface area contributed by atoms with Crippen LogP contribution in [0.15, 0.2) is 42.0 Å². The fraction of sp³-hybridized carbons (Fsp3) is 0.429. The molecule has 1 saturated heterocycles. The molecule has 8 nitrogen and oxygen atoms in total. The molecule has 8 heteroatoms. The van der Waals surface area contributed by atoms with Crippen molar-refractivity contribution in [3.05, 3.63) is 58.7 Å². The molecule has 2 aromatic rings. The molecule has 0 saturated carbocycles. The van der Waals surface area contributed by atoms with Crippen LogP contribution in [0.2, 0.25) is 0 Å². The molecule has 0 aliphatic carbocycles. The smallest absolute Gasteiger partial charge is 0.295 e. The number of methoxy groups -OCH3 is 2. The summed E-state index contributed by atoms with van der Waals surface area (Å²) in [5, 5.41) is 11.3. The van der Waals surface area contributed by atoms with Gasteiger partial charge in [0, 0.05) is 19.2 Å². The van der Waals surface area contributed by atoms with Crippen LogP contribution >= 0.6 is 0 Å². The highest BCUT2D eigenvalue weighted by Crippen LogP contribution is 2.42. The summed E-state index contributed by atoms with van der Waals surface area (Å²) in [6.45, 7) is 9.31. The fourth-order valence-corrected chi connectivity index (χ4v) is 4.15. The summed E-state index contributed by atoms with van der Waals surface area (Å²) in [5.74, 6) is 0.392. The molecule has 0 unspecified atom stereocenters. The maximum atomic E-state index is 13.2. The maximum Gasteiger partial charge on any atom is 0.295 e. The van der Waals surface area contributed by atoms with E-state index < -0.39 is 17.7 Å². The first-order valence-corrected chi connectivity index (χ1v) is 12.0. The Morgan fingerprint density at radius 3 is 2.36 bits per heavy atom. The SMILES string of the molecule is CCOc1ccc([C@H]2C(=C(O)c3ccc(OCC(C)C)c(C)c3)C(=O)C(=O)N2CCOC)cc1OC. The third kappa shape index (κ3) is 5.65. The number of hydrogen-bond donors (Lipinski definition) is 1. The molecule has 0 spiro atoms. The fourth-order valence-electron chi connectivity index (χ4n) is 4.15. The Morgan fingerprint density at radius 1 is 1.03 bits per heavy atom. The number of ketones is 1. The minimum Gasteiger partial charge on any atom is -0.507 e. The van der Waals surface area contributed by atoms with Gasteiger partial charge in [-0.2, -0.15) is 0 Å². The van der Waals surface area contributed by atoms with Crippen molar-refractivity contribution in [3.63, 3.8) is 0 Å². The van der Waals surface area contributed by atoms with Crippen molar-refractivity contribution in [2.24, 2.45) is 5.92 Å². The number of hydrogen-bond acceptors (Lipinski definition) is 7. The Morgan fingerprint density at radius 2 is 1.75 bits per heavy atom. The van der Waals surface area contributed by atoms with Crippen molar-refractivity contribution in [1.29, 1.82) is 0 Å². The summed E-state index contributed by atoms with van der Waals surface area (Å²) in [4.78, 5) is 27.7. The molecule has 36 heavy (non-hydrogen) atoms. The second-order valence-corrected chi connectivity index (χ2v) is 9.01. The van der Waals surface area contributed by atoms with E-state index in [1.54, 1.807) is 36.4 Å². The van der Waals surface area contributed by atoms with Gasteiger partial charge in [-0.25, -0.2) is 0 Å². The van der Waals surface area contributed by atoms with E-state index in [0.29, 0.717) is 47.5 Å². The van der Waals surface area contributed by atoms with Gasteiger partial charge in [0.15, 0.2) is 11.5 Å². The highest BCUT2D eigenvalue weighted by Gasteiger charge is 2.46. The predicted octanol–water partition coefficient (Wildman–Crippen LogP) is 4.51. The molecule has 1 N–H and O–H groups in total. The Hall–Kier alpha value is -3.52. The number of likely N-dealkylation sites (tertiary alicyclic amines) is 1. The normalized spacial score (nSPS) is 17.1. The number of benzene rings is 2. The number of amides is 1. The van der Waals surface area contributed by atoms with Crippen molar-refractivity contribution in [2.75, 3.05) is 40.6 Å². The Labute approximate surface area is 212 Å². The molecular weight excluding hydrogens is 462 g/mol. The Bertz CT molecular complexity index is 1140. The molecule has 1 fully saturated rings. The predicted molar refractivity (Wildman–Crippen MR) is 137 cm³/mol. The van der Waals surface area contributed by atoms with Crippen LogP contribution in [0.25, 0.3) is 5.76 Å². The van der Waals surface area contributed by atoms with E-state index in [1.165, 1.54) is 19.1 Å². The lowest BCUT2D eigenvalue weighted by Crippen LogP contribution is -2.32. The number of ether oxygens (including phenoxy) is 4. The molecule has 0 bridgehead atoms. The van der Waals surface area contributed by atoms with Crippen LogP contribution in [0.5, 0.6) is 17.2 Å². The molecule has 1 atom stereocenters. The van der Waals surface area contributed by atoms with Crippen molar-refractivity contribution in [3.8, 4) is 17.2 Å². The van der Waals surface area contributed by atoms with Crippen LogP contribution in [-0.2, 0) is 14.3 Å². The second-order valence-electron chi connectivity index (χ2n) is 9.01. The van der Waals surface area contributed by atoms with Gasteiger partial charge in [-0.1, -0.05) is 19.9 Å². The molecule has 1 amide bonds. The number of aliphatic hydroxyl groups is 1. The Kier molecular flexibility index (Phi) is 8.98. The lowest BCUT2D eigenvalue weighted by molar-refractivity contribution is -0.140. The van der Waals surface area contributed by atoms with Gasteiger partial charge in [0.2, 0.25) is 0 Å². The number of aliphatic hydroxyl groups excluding tert-OH is 1. The molecule has 0 radical (unpaired) electrons. The van der Waals surface area contributed by atoms with E-state index in [4.69, 9.17) is 18.9 Å². The van der Waals surface area contributed by atoms with E-state index in [2.05, 4.69) is 13.8 Å². The average molecular weight is 498 g/mol. The van der Waals surface area contributed by atoms with Crippen molar-refractivity contribution in [2.45, 2.75) is 33.7 Å². The molecule has 2 aromatic carbocycles. The first-order valence-electron chi connectivity index (χ1n) is 12.0. The molecule has 194 valence electrons. The first-order chi connectivity index (χ1) is 17.2. The number of Topliss-reactive ketones (excluding diaryl/α,β-unsaturated/α-hetero) is 1. The zero-order valence-corrected chi connectivity index (χ0v) is 21.8. The number of rotatable bonds is 11. The van der Waals surface area contributed by atoms with E-state index in [1.807, 2.05) is 13.8 Å². The van der Waals surface area contributed by atoms with Gasteiger partial charge in [-0.15, -0.1) is 0 Å². The number of aryl methyl sites for hydroxylation is 1. The monoisotopic (exact) mass is 497 g/mol. The molecular formula is C28H35NO7. The molecule has 1 aliphatic rings. The van der Waals surface area contributed by atoms with Gasteiger partial charge < -0.3 is 29.0 Å². The summed E-state index contributed by atoms with van der Waals surface area (Å²) in [5.41, 5.74) is 1.86. The van der Waals surface area contributed by atoms with Crippen molar-refractivity contribution in [1.82, 2.24) is 4.90 Å². The van der Waals surface area contributed by atoms with Crippen LogP contribution in [0.1, 0.15) is 43.5 Å². The third-order valence-corrected chi connectivity index (χ3v) is 5.90.